The van der Waals surface area contributed by atoms with E-state index in [2.05, 4.69) is 91.9 Å². The summed E-state index contributed by atoms with van der Waals surface area (Å²) < 4.78 is 2.21. The van der Waals surface area contributed by atoms with Crippen LogP contribution in [0.4, 0.5) is 5.82 Å². The minimum Gasteiger partial charge on any atom is -0.293 e. The van der Waals surface area contributed by atoms with Crippen LogP contribution in [-0.2, 0) is 13.5 Å². The Morgan fingerprint density at radius 1 is 1.14 bits per heavy atom. The Bertz CT molecular complexity index is 795. The third kappa shape index (κ3) is 2.94. The van der Waals surface area contributed by atoms with Gasteiger partial charge in [-0.15, -0.1) is 0 Å². The summed E-state index contributed by atoms with van der Waals surface area (Å²) in [5.74, 6) is 4.26. The fourth-order valence-corrected chi connectivity index (χ4v) is 3.12. The number of fused-ring (bicyclic) bond motifs is 1. The van der Waals surface area contributed by atoms with Crippen molar-refractivity contribution in [2.75, 3.05) is 4.81 Å². The summed E-state index contributed by atoms with van der Waals surface area (Å²) in [7, 11) is 2.12. The summed E-state index contributed by atoms with van der Waals surface area (Å²) in [5, 5.41) is 2.61. The third-order valence-corrected chi connectivity index (χ3v) is 4.23. The lowest BCUT2D eigenvalue weighted by atomic mass is 9.61. The lowest BCUT2D eigenvalue weighted by Crippen LogP contribution is -2.48. The van der Waals surface area contributed by atoms with Crippen molar-refractivity contribution in [3.63, 3.8) is 0 Å². The van der Waals surface area contributed by atoms with Gasteiger partial charge in [0, 0.05) is 11.3 Å². The van der Waals surface area contributed by atoms with Crippen LogP contribution >= 0.6 is 0 Å². The molecule has 0 atom stereocenters. The largest absolute Gasteiger partial charge is 0.402 e. The molecule has 0 spiro atoms. The van der Waals surface area contributed by atoms with Crippen LogP contribution in [0.5, 0.6) is 0 Å². The second kappa shape index (κ2) is 6.00. The van der Waals surface area contributed by atoms with Gasteiger partial charge >= 0.3 is 6.85 Å². The summed E-state index contributed by atoms with van der Waals surface area (Å²) in [6.07, 6.45) is 5.57. The Morgan fingerprint density at radius 2 is 1.86 bits per heavy atom. The van der Waals surface area contributed by atoms with Gasteiger partial charge in [-0.2, -0.15) is 0 Å². The normalized spacial score (nSPS) is 13.7. The van der Waals surface area contributed by atoms with Crippen molar-refractivity contribution in [2.24, 2.45) is 13.0 Å². The topological polar surface area (TPSA) is 7.12 Å². The molecule has 0 amide bonds. The summed E-state index contributed by atoms with van der Waals surface area (Å²) in [6, 6.07) is 13.1. The van der Waals surface area contributed by atoms with E-state index in [9.17, 15) is 0 Å². The third-order valence-electron chi connectivity index (χ3n) is 4.23. The molecule has 1 aliphatic rings. The Kier molecular flexibility index (Phi) is 4.06. The zero-order valence-electron chi connectivity index (χ0n) is 14.0. The molecule has 1 aromatic carbocycles. The van der Waals surface area contributed by atoms with Gasteiger partial charge in [0.2, 0.25) is 0 Å². The first-order chi connectivity index (χ1) is 10.5. The molecule has 0 radical (unpaired) electrons. The highest BCUT2D eigenvalue weighted by Crippen LogP contribution is 2.17. The molecular formula is C19H24BN2+. The van der Waals surface area contributed by atoms with Crippen LogP contribution in [0.1, 0.15) is 19.4 Å². The van der Waals surface area contributed by atoms with Gasteiger partial charge in [0.05, 0.1) is 19.4 Å². The summed E-state index contributed by atoms with van der Waals surface area (Å²) in [5.41, 5.74) is 1.41. The second-order valence-electron chi connectivity index (χ2n) is 6.67. The standard InChI is InChI=1S/C19H24BN2/c1-15(2)11-16-9-10-21(4)19(12-16)22-14-18-8-6-5-7-17(18)13-20(22)3/h5-10,12-15H,11H2,1-4H3/q+1. The number of hydrogen-bond acceptors (Lipinski definition) is 1. The van der Waals surface area contributed by atoms with Crippen LogP contribution < -0.4 is 19.8 Å². The van der Waals surface area contributed by atoms with Crippen molar-refractivity contribution in [1.82, 2.24) is 0 Å². The van der Waals surface area contributed by atoms with E-state index < -0.39 is 0 Å². The first-order valence-corrected chi connectivity index (χ1v) is 8.10. The molecule has 2 nitrogen and oxygen atoms in total. The van der Waals surface area contributed by atoms with Crippen LogP contribution in [0.25, 0.3) is 12.2 Å². The Balaban J connectivity index is 2.06. The molecule has 3 rings (SSSR count). The molecule has 1 aromatic heterocycles. The maximum Gasteiger partial charge on any atom is 0.402 e. The number of nitrogens with zero attached hydrogens (tertiary/aromatic N) is 2. The lowest BCUT2D eigenvalue weighted by Gasteiger charge is -2.20. The van der Waals surface area contributed by atoms with Crippen molar-refractivity contribution in [2.45, 2.75) is 27.1 Å². The summed E-state index contributed by atoms with van der Waals surface area (Å²) in [6.45, 7) is 7.15. The van der Waals surface area contributed by atoms with E-state index in [1.54, 1.807) is 0 Å². The molecule has 0 bridgehead atoms. The second-order valence-corrected chi connectivity index (χ2v) is 6.67. The van der Waals surface area contributed by atoms with Crippen molar-refractivity contribution in [3.8, 4) is 0 Å². The number of aryl methyl sites for hydroxylation is 1. The predicted molar refractivity (Wildman–Crippen MR) is 94.9 cm³/mol. The smallest absolute Gasteiger partial charge is 0.293 e. The highest BCUT2D eigenvalue weighted by Gasteiger charge is 2.27. The van der Waals surface area contributed by atoms with Gasteiger partial charge in [-0.3, -0.25) is 4.81 Å². The average Bonchev–Trinajstić information content (AvgIpc) is 2.48. The molecule has 2 aromatic rings. The molecular weight excluding hydrogens is 267 g/mol. The minimum atomic E-state index is 0.357. The maximum absolute atomic E-state index is 2.37. The fourth-order valence-electron chi connectivity index (χ4n) is 3.12. The lowest BCUT2D eigenvalue weighted by molar-refractivity contribution is -0.658. The van der Waals surface area contributed by atoms with E-state index >= 15 is 0 Å². The number of pyridine rings is 1. The van der Waals surface area contributed by atoms with Gasteiger partial charge in [0.25, 0.3) is 5.82 Å². The van der Waals surface area contributed by atoms with Crippen molar-refractivity contribution in [1.29, 1.82) is 0 Å². The highest BCUT2D eigenvalue weighted by molar-refractivity contribution is 6.76. The first kappa shape index (κ1) is 14.9. The van der Waals surface area contributed by atoms with Crippen LogP contribution in [-0.4, -0.2) is 6.85 Å². The number of benzene rings is 1. The van der Waals surface area contributed by atoms with E-state index in [0.717, 1.165) is 6.42 Å². The minimum absolute atomic E-state index is 0.357. The van der Waals surface area contributed by atoms with E-state index in [-0.39, 0.29) is 0 Å². The van der Waals surface area contributed by atoms with Gasteiger partial charge in [-0.25, -0.2) is 4.57 Å². The molecule has 0 fully saturated rings. The van der Waals surface area contributed by atoms with Crippen LogP contribution in [0.15, 0.2) is 42.6 Å². The molecule has 112 valence electrons. The predicted octanol–water partition coefficient (Wildman–Crippen LogP) is 1.91. The maximum atomic E-state index is 2.37. The average molecular weight is 291 g/mol. The molecule has 0 saturated carbocycles. The van der Waals surface area contributed by atoms with Crippen LogP contribution in [0, 0.1) is 5.92 Å². The SMILES string of the molecule is CB1C=c2ccccc2=CN1c1cc(CC(C)C)cc[n+]1C. The van der Waals surface area contributed by atoms with E-state index in [4.69, 9.17) is 0 Å². The van der Waals surface area contributed by atoms with Crippen molar-refractivity contribution < 1.29 is 4.57 Å². The molecule has 22 heavy (non-hydrogen) atoms. The molecule has 0 unspecified atom stereocenters. The van der Waals surface area contributed by atoms with Crippen molar-refractivity contribution in [3.05, 3.63) is 58.6 Å². The molecule has 1 aliphatic heterocycles. The summed E-state index contributed by atoms with van der Waals surface area (Å²) >= 11 is 0. The van der Waals surface area contributed by atoms with E-state index in [0.29, 0.717) is 12.8 Å². The molecule has 0 saturated heterocycles. The number of anilines is 1. The van der Waals surface area contributed by atoms with Gasteiger partial charge in [0.1, 0.15) is 0 Å². The van der Waals surface area contributed by atoms with E-state index in [1.165, 1.54) is 21.8 Å². The van der Waals surface area contributed by atoms with Crippen molar-refractivity contribution >= 4 is 24.8 Å². The Hall–Kier alpha value is -2.03. The Morgan fingerprint density at radius 3 is 2.59 bits per heavy atom. The van der Waals surface area contributed by atoms with E-state index in [1.807, 2.05) is 0 Å². The van der Waals surface area contributed by atoms with Gasteiger partial charge in [0.15, 0.2) is 0 Å². The van der Waals surface area contributed by atoms with Crippen LogP contribution in [0.2, 0.25) is 6.82 Å². The number of aromatic nitrogens is 1. The fraction of sp³-hybridized carbons (Fsp3) is 0.316. The molecule has 0 aliphatic carbocycles. The summed E-state index contributed by atoms with van der Waals surface area (Å²) in [4.78, 5) is 2.37. The number of rotatable bonds is 3. The quantitative estimate of drug-likeness (QED) is 0.619. The van der Waals surface area contributed by atoms with Gasteiger partial charge < -0.3 is 0 Å². The highest BCUT2D eigenvalue weighted by atomic mass is 15.2. The first-order valence-electron chi connectivity index (χ1n) is 8.10. The zero-order chi connectivity index (χ0) is 15.7. The molecule has 3 heteroatoms. The zero-order valence-corrected chi connectivity index (χ0v) is 14.0. The monoisotopic (exact) mass is 291 g/mol. The van der Waals surface area contributed by atoms with Gasteiger partial charge in [-0.05, 0) is 36.0 Å². The van der Waals surface area contributed by atoms with Gasteiger partial charge in [-0.1, -0.05) is 44.1 Å². The molecule has 2 heterocycles. The van der Waals surface area contributed by atoms with Crippen LogP contribution in [0.3, 0.4) is 0 Å². The number of hydrogen-bond donors (Lipinski definition) is 0. The Labute approximate surface area is 133 Å². The molecule has 0 N–H and O–H groups in total.